The highest BCUT2D eigenvalue weighted by atomic mass is 16.4. The molecule has 13 N–H and O–H groups in total. The number of aromatic nitrogens is 2. The zero-order valence-electron chi connectivity index (χ0n) is 23.2. The van der Waals surface area contributed by atoms with E-state index in [4.69, 9.17) is 17.2 Å². The van der Waals surface area contributed by atoms with E-state index < -0.39 is 60.2 Å². The van der Waals surface area contributed by atoms with Gasteiger partial charge in [-0.2, -0.15) is 0 Å². The number of guanidine groups is 1. The third-order valence-electron chi connectivity index (χ3n) is 6.18. The zero-order chi connectivity index (χ0) is 31.9. The molecule has 0 spiro atoms. The Morgan fingerprint density at radius 3 is 2.09 bits per heavy atom. The fraction of sp³-hybridized carbons (Fsp3) is 0.423. The number of carbonyl (C=O) groups is 5. The number of carbonyl (C=O) groups excluding carboxylic acids is 3. The van der Waals surface area contributed by atoms with Gasteiger partial charge in [0.2, 0.25) is 17.7 Å². The van der Waals surface area contributed by atoms with Crippen LogP contribution in [0.1, 0.15) is 36.9 Å². The standard InChI is InChI=1S/C26H37N9O8/c27-17(10-14-3-5-16(36)6-4-14)22(39)33-18(7-8-21(37)38)23(40)35-20(11-15-12-30-13-32-15)24(41)34-19(25(42)43)2-1-9-31-26(28)29/h3-6,12-13,17-20,36H,1-2,7-11,27H2,(H,30,32)(H,33,39)(H,34,41)(H,35,40)(H,37,38)(H,42,43)(H4,28,29,31). The minimum Gasteiger partial charge on any atom is -0.508 e. The number of hydrogen-bond donors (Lipinski definition) is 10. The number of nitrogens with zero attached hydrogens (tertiary/aromatic N) is 2. The lowest BCUT2D eigenvalue weighted by molar-refractivity contribution is -0.142. The highest BCUT2D eigenvalue weighted by Gasteiger charge is 2.31. The number of nitrogens with two attached hydrogens (primary N) is 3. The van der Waals surface area contributed by atoms with Crippen LogP contribution in [0.25, 0.3) is 0 Å². The Balaban J connectivity index is 2.17. The molecule has 4 unspecified atom stereocenters. The Morgan fingerprint density at radius 1 is 0.884 bits per heavy atom. The number of aliphatic imine (C=N–C) groups is 1. The van der Waals surface area contributed by atoms with Crippen molar-refractivity contribution in [1.29, 1.82) is 0 Å². The Labute approximate surface area is 246 Å². The number of benzene rings is 1. The number of carboxylic acids is 2. The van der Waals surface area contributed by atoms with E-state index in [0.29, 0.717) is 11.3 Å². The molecule has 1 aromatic carbocycles. The van der Waals surface area contributed by atoms with Crippen molar-refractivity contribution in [2.75, 3.05) is 6.54 Å². The van der Waals surface area contributed by atoms with Crippen molar-refractivity contribution in [1.82, 2.24) is 25.9 Å². The van der Waals surface area contributed by atoms with Crippen LogP contribution in [-0.2, 0) is 36.8 Å². The van der Waals surface area contributed by atoms with Gasteiger partial charge in [-0.3, -0.25) is 24.2 Å². The number of aromatic amines is 1. The number of amides is 3. The number of aliphatic carboxylic acids is 2. The van der Waals surface area contributed by atoms with Crippen LogP contribution in [0.2, 0.25) is 0 Å². The monoisotopic (exact) mass is 603 g/mol. The van der Waals surface area contributed by atoms with Gasteiger partial charge in [0.1, 0.15) is 23.9 Å². The summed E-state index contributed by atoms with van der Waals surface area (Å²) in [7, 11) is 0. The zero-order valence-corrected chi connectivity index (χ0v) is 23.2. The van der Waals surface area contributed by atoms with Gasteiger partial charge in [0.25, 0.3) is 0 Å². The maximum Gasteiger partial charge on any atom is 0.326 e. The molecule has 0 aliphatic heterocycles. The van der Waals surface area contributed by atoms with Gasteiger partial charge < -0.3 is 53.5 Å². The van der Waals surface area contributed by atoms with Crippen molar-refractivity contribution >= 4 is 35.6 Å². The van der Waals surface area contributed by atoms with Gasteiger partial charge >= 0.3 is 11.9 Å². The van der Waals surface area contributed by atoms with Crippen molar-refractivity contribution in [3.8, 4) is 5.75 Å². The Morgan fingerprint density at radius 2 is 1.51 bits per heavy atom. The lowest BCUT2D eigenvalue weighted by atomic mass is 10.0. The molecule has 17 heteroatoms. The largest absolute Gasteiger partial charge is 0.508 e. The van der Waals surface area contributed by atoms with E-state index in [0.717, 1.165) is 0 Å². The third kappa shape index (κ3) is 12.5. The molecule has 17 nitrogen and oxygen atoms in total. The van der Waals surface area contributed by atoms with Crippen LogP contribution in [0.3, 0.4) is 0 Å². The number of H-pyrrole nitrogens is 1. The summed E-state index contributed by atoms with van der Waals surface area (Å²) in [5.41, 5.74) is 17.6. The van der Waals surface area contributed by atoms with Crippen LogP contribution in [-0.4, -0.2) is 91.6 Å². The molecule has 0 fully saturated rings. The molecule has 0 aliphatic carbocycles. The summed E-state index contributed by atoms with van der Waals surface area (Å²) in [4.78, 5) is 72.8. The lowest BCUT2D eigenvalue weighted by Gasteiger charge is -2.25. The van der Waals surface area contributed by atoms with Crippen molar-refractivity contribution in [3.05, 3.63) is 48.0 Å². The molecule has 2 rings (SSSR count). The van der Waals surface area contributed by atoms with E-state index >= 15 is 0 Å². The molecular weight excluding hydrogens is 566 g/mol. The number of phenolic OH excluding ortho intramolecular Hbond substituents is 1. The first-order valence-electron chi connectivity index (χ1n) is 13.3. The summed E-state index contributed by atoms with van der Waals surface area (Å²) in [6.07, 6.45) is 2.10. The van der Waals surface area contributed by atoms with Crippen LogP contribution >= 0.6 is 0 Å². The molecule has 1 aromatic heterocycles. The van der Waals surface area contributed by atoms with Gasteiger partial charge in [0, 0.05) is 31.3 Å². The summed E-state index contributed by atoms with van der Waals surface area (Å²) in [6.45, 7) is 0.135. The average Bonchev–Trinajstić information content (AvgIpc) is 3.46. The van der Waals surface area contributed by atoms with E-state index in [2.05, 4.69) is 30.9 Å². The molecule has 0 saturated carbocycles. The Bertz CT molecular complexity index is 1260. The highest BCUT2D eigenvalue weighted by Crippen LogP contribution is 2.11. The number of carboxylic acid groups (broad SMARTS) is 2. The molecule has 2 aromatic rings. The summed E-state index contributed by atoms with van der Waals surface area (Å²) in [6, 6.07) is 0.818. The second-order valence-corrected chi connectivity index (χ2v) is 9.66. The van der Waals surface area contributed by atoms with Crippen LogP contribution in [0.4, 0.5) is 0 Å². The predicted octanol–water partition coefficient (Wildman–Crippen LogP) is -2.31. The van der Waals surface area contributed by atoms with Crippen LogP contribution in [0, 0.1) is 0 Å². The number of imidazole rings is 1. The SMILES string of the molecule is NC(N)=NCCCC(NC(=O)C(Cc1cnc[nH]1)NC(=O)C(CCC(=O)O)NC(=O)C(N)Cc1ccc(O)cc1)C(=O)O. The van der Waals surface area contributed by atoms with Gasteiger partial charge in [-0.05, 0) is 43.4 Å². The van der Waals surface area contributed by atoms with Gasteiger partial charge in [-0.15, -0.1) is 0 Å². The Kier molecular flexibility index (Phi) is 13.4. The van der Waals surface area contributed by atoms with Crippen molar-refractivity contribution < 1.29 is 39.3 Å². The number of hydrogen-bond acceptors (Lipinski definition) is 9. The fourth-order valence-electron chi connectivity index (χ4n) is 3.93. The van der Waals surface area contributed by atoms with E-state index in [1.165, 1.54) is 24.7 Å². The molecular formula is C26H37N9O8. The van der Waals surface area contributed by atoms with E-state index in [9.17, 15) is 39.3 Å². The summed E-state index contributed by atoms with van der Waals surface area (Å²) >= 11 is 0. The Hall–Kier alpha value is -5.19. The quantitative estimate of drug-likeness (QED) is 0.0488. The second kappa shape index (κ2) is 16.9. The first-order valence-corrected chi connectivity index (χ1v) is 13.3. The van der Waals surface area contributed by atoms with Crippen molar-refractivity contribution in [2.24, 2.45) is 22.2 Å². The molecule has 3 amide bonds. The normalized spacial score (nSPS) is 13.5. The summed E-state index contributed by atoms with van der Waals surface area (Å²) in [5.74, 6) is -5.16. The minimum atomic E-state index is -1.39. The first-order chi connectivity index (χ1) is 20.3. The molecule has 0 aliphatic rings. The lowest BCUT2D eigenvalue weighted by Crippen LogP contribution is -2.57. The average molecular weight is 604 g/mol. The van der Waals surface area contributed by atoms with Crippen molar-refractivity contribution in [2.45, 2.75) is 62.7 Å². The van der Waals surface area contributed by atoms with Crippen LogP contribution in [0.15, 0.2) is 41.8 Å². The predicted molar refractivity (Wildman–Crippen MR) is 152 cm³/mol. The maximum absolute atomic E-state index is 13.3. The number of phenols is 1. The minimum absolute atomic E-state index is 0.0151. The maximum atomic E-state index is 13.3. The van der Waals surface area contributed by atoms with E-state index in [-0.39, 0.29) is 50.4 Å². The molecule has 0 bridgehead atoms. The van der Waals surface area contributed by atoms with Crippen LogP contribution < -0.4 is 33.2 Å². The fourth-order valence-corrected chi connectivity index (χ4v) is 3.93. The van der Waals surface area contributed by atoms with Gasteiger partial charge in [0.15, 0.2) is 5.96 Å². The summed E-state index contributed by atoms with van der Waals surface area (Å²) in [5, 5.41) is 35.5. The molecule has 0 saturated heterocycles. The van der Waals surface area contributed by atoms with Crippen LogP contribution in [0.5, 0.6) is 5.75 Å². The van der Waals surface area contributed by atoms with Gasteiger partial charge in [-0.25, -0.2) is 9.78 Å². The first kappa shape index (κ1) is 34.0. The number of nitrogens with one attached hydrogen (secondary N) is 4. The van der Waals surface area contributed by atoms with E-state index in [1.807, 2.05) is 0 Å². The molecule has 1 heterocycles. The number of aromatic hydroxyl groups is 1. The molecule has 43 heavy (non-hydrogen) atoms. The summed E-state index contributed by atoms with van der Waals surface area (Å²) < 4.78 is 0. The third-order valence-corrected chi connectivity index (χ3v) is 6.18. The second-order valence-electron chi connectivity index (χ2n) is 9.66. The molecule has 234 valence electrons. The smallest absolute Gasteiger partial charge is 0.326 e. The van der Waals surface area contributed by atoms with Gasteiger partial charge in [0.05, 0.1) is 12.4 Å². The topological polar surface area (TPSA) is 301 Å². The van der Waals surface area contributed by atoms with Gasteiger partial charge in [-0.1, -0.05) is 12.1 Å². The van der Waals surface area contributed by atoms with Crippen molar-refractivity contribution in [3.63, 3.8) is 0 Å². The molecule has 0 radical (unpaired) electrons. The highest BCUT2D eigenvalue weighted by molar-refractivity contribution is 5.94. The van der Waals surface area contributed by atoms with E-state index in [1.54, 1.807) is 12.1 Å². The molecule has 4 atom stereocenters. The number of rotatable bonds is 18.